The molecule has 214 valence electrons. The van der Waals surface area contributed by atoms with Gasteiger partial charge in [-0.25, -0.2) is 9.97 Å². The predicted molar refractivity (Wildman–Crippen MR) is 146 cm³/mol. The third kappa shape index (κ3) is 5.41. The number of hydrogen-bond donors (Lipinski definition) is 4. The fourth-order valence-electron chi connectivity index (χ4n) is 5.86. The van der Waals surface area contributed by atoms with Crippen LogP contribution in [0.1, 0.15) is 48.9 Å². The van der Waals surface area contributed by atoms with E-state index in [1.807, 2.05) is 12.1 Å². The van der Waals surface area contributed by atoms with Crippen LogP contribution in [0.5, 0.6) is 11.6 Å². The van der Waals surface area contributed by atoms with Crippen molar-refractivity contribution in [2.75, 3.05) is 31.7 Å². The van der Waals surface area contributed by atoms with E-state index >= 15 is 0 Å². The van der Waals surface area contributed by atoms with Gasteiger partial charge >= 0.3 is 0 Å². The first kappa shape index (κ1) is 27.3. The van der Waals surface area contributed by atoms with Gasteiger partial charge in [-0.2, -0.15) is 5.26 Å². The lowest BCUT2D eigenvalue weighted by molar-refractivity contribution is -0.208. The molecule has 1 aliphatic carbocycles. The zero-order chi connectivity index (χ0) is 28.5. The minimum absolute atomic E-state index is 0.00702. The van der Waals surface area contributed by atoms with Crippen molar-refractivity contribution in [3.63, 3.8) is 0 Å². The Labute approximate surface area is 236 Å². The molecule has 1 unspecified atom stereocenters. The summed E-state index contributed by atoms with van der Waals surface area (Å²) in [5.41, 5.74) is 1.93. The fraction of sp³-hybridized carbons (Fsp3) is 0.483. The number of carbonyl (C=O) groups excluding carboxylic acids is 1. The number of hydrogen-bond acceptors (Lipinski definition) is 11. The SMILES string of the molecule is N#Cc1cnc2ccc(OCCCO)nc2c1CC(O)C12CCC(NCc3ccc4c(n3)NC(=O)CO4)(CC1)CO2. The number of carbonyl (C=O) groups is 1. The standard InChI is InChI=1S/C29H32N6O6/c30-13-18-14-31-21-3-5-25(39-11-1-10-36)35-26(21)20(18)12-23(37)29-8-6-28(7-9-29,17-41-29)32-15-19-2-4-22-27(33-19)34-24(38)16-40-22/h2-5,14,23,32,36-37H,1,6-12,15-17H2,(H,33,34,38). The molecule has 3 aliphatic heterocycles. The first-order valence-corrected chi connectivity index (χ1v) is 13.8. The summed E-state index contributed by atoms with van der Waals surface area (Å²) < 4.78 is 17.4. The minimum atomic E-state index is -0.842. The Kier molecular flexibility index (Phi) is 7.44. The maximum atomic E-state index is 11.6. The molecule has 1 amide bonds. The molecule has 7 rings (SSSR count). The zero-order valence-corrected chi connectivity index (χ0v) is 22.6. The number of nitrogens with one attached hydrogen (secondary N) is 2. The quantitative estimate of drug-likeness (QED) is 0.266. The molecule has 3 aromatic heterocycles. The Hall–Kier alpha value is -3.89. The zero-order valence-electron chi connectivity index (χ0n) is 22.6. The van der Waals surface area contributed by atoms with Gasteiger partial charge < -0.3 is 35.1 Å². The summed E-state index contributed by atoms with van der Waals surface area (Å²) in [6, 6.07) is 9.37. The van der Waals surface area contributed by atoms with E-state index in [2.05, 4.69) is 31.7 Å². The molecule has 2 saturated heterocycles. The minimum Gasteiger partial charge on any atom is -0.480 e. The summed E-state index contributed by atoms with van der Waals surface area (Å²) in [5, 5.41) is 36.7. The highest BCUT2D eigenvalue weighted by atomic mass is 16.5. The lowest BCUT2D eigenvalue weighted by Crippen LogP contribution is -2.65. The molecule has 2 bridgehead atoms. The summed E-state index contributed by atoms with van der Waals surface area (Å²) in [7, 11) is 0. The van der Waals surface area contributed by atoms with Crippen LogP contribution in [0.25, 0.3) is 11.0 Å². The first-order chi connectivity index (χ1) is 19.9. The van der Waals surface area contributed by atoms with Crippen LogP contribution in [0, 0.1) is 11.3 Å². The highest BCUT2D eigenvalue weighted by Crippen LogP contribution is 2.46. The van der Waals surface area contributed by atoms with E-state index < -0.39 is 11.7 Å². The molecule has 4 N–H and O–H groups in total. The Morgan fingerprint density at radius 2 is 2.05 bits per heavy atom. The van der Waals surface area contributed by atoms with E-state index in [9.17, 15) is 15.2 Å². The summed E-state index contributed by atoms with van der Waals surface area (Å²) in [4.78, 5) is 25.1. The number of aromatic nitrogens is 3. The molecule has 12 nitrogen and oxygen atoms in total. The van der Waals surface area contributed by atoms with Crippen molar-refractivity contribution in [3.8, 4) is 17.7 Å². The van der Waals surface area contributed by atoms with Crippen molar-refractivity contribution in [3.05, 3.63) is 47.3 Å². The molecule has 0 aromatic carbocycles. The maximum absolute atomic E-state index is 11.6. The molecule has 4 aliphatic rings. The molecule has 12 heteroatoms. The third-order valence-electron chi connectivity index (χ3n) is 8.34. The lowest BCUT2D eigenvalue weighted by Gasteiger charge is -2.55. The van der Waals surface area contributed by atoms with Gasteiger partial charge in [0.05, 0.1) is 47.2 Å². The molecule has 3 fully saturated rings. The number of rotatable bonds is 10. The van der Waals surface area contributed by atoms with Crippen molar-refractivity contribution in [2.45, 2.75) is 62.3 Å². The molecule has 0 spiro atoms. The monoisotopic (exact) mass is 560 g/mol. The number of fused-ring (bicyclic) bond motifs is 5. The summed E-state index contributed by atoms with van der Waals surface area (Å²) in [5.74, 6) is 1.15. The van der Waals surface area contributed by atoms with Gasteiger partial charge in [0.2, 0.25) is 5.88 Å². The second kappa shape index (κ2) is 11.2. The molecule has 3 aromatic rings. The summed E-state index contributed by atoms with van der Waals surface area (Å²) in [6.45, 7) is 1.28. The van der Waals surface area contributed by atoms with Gasteiger partial charge in [0.1, 0.15) is 6.07 Å². The van der Waals surface area contributed by atoms with Gasteiger partial charge in [0.15, 0.2) is 18.2 Å². The average Bonchev–Trinajstić information content (AvgIpc) is 3.01. The number of anilines is 1. The first-order valence-electron chi connectivity index (χ1n) is 13.8. The van der Waals surface area contributed by atoms with E-state index in [-0.39, 0.29) is 31.1 Å². The Balaban J connectivity index is 1.13. The van der Waals surface area contributed by atoms with Crippen LogP contribution in [-0.4, -0.2) is 74.7 Å². The van der Waals surface area contributed by atoms with Crippen LogP contribution in [0.4, 0.5) is 5.82 Å². The Morgan fingerprint density at radius 1 is 1.20 bits per heavy atom. The van der Waals surface area contributed by atoms with Gasteiger partial charge in [-0.05, 0) is 43.9 Å². The number of nitriles is 1. The molecule has 6 heterocycles. The third-order valence-corrected chi connectivity index (χ3v) is 8.34. The molecular formula is C29H32N6O6. The van der Waals surface area contributed by atoms with Crippen LogP contribution in [0.3, 0.4) is 0 Å². The van der Waals surface area contributed by atoms with Crippen molar-refractivity contribution < 1.29 is 29.2 Å². The van der Waals surface area contributed by atoms with Crippen molar-refractivity contribution >= 4 is 22.8 Å². The molecule has 41 heavy (non-hydrogen) atoms. The number of pyridine rings is 3. The topological polar surface area (TPSA) is 172 Å². The van der Waals surface area contributed by atoms with Crippen molar-refractivity contribution in [1.82, 2.24) is 20.3 Å². The van der Waals surface area contributed by atoms with Gasteiger partial charge in [-0.1, -0.05) is 0 Å². The Morgan fingerprint density at radius 3 is 2.80 bits per heavy atom. The van der Waals surface area contributed by atoms with E-state index in [0.717, 1.165) is 18.5 Å². The molecule has 1 atom stereocenters. The number of ether oxygens (including phenoxy) is 3. The highest BCUT2D eigenvalue weighted by molar-refractivity contribution is 5.94. The Bertz CT molecular complexity index is 1480. The van der Waals surface area contributed by atoms with Gasteiger partial charge in [0, 0.05) is 49.4 Å². The maximum Gasteiger partial charge on any atom is 0.263 e. The van der Waals surface area contributed by atoms with Gasteiger partial charge in [0.25, 0.3) is 5.91 Å². The largest absolute Gasteiger partial charge is 0.480 e. The van der Waals surface area contributed by atoms with E-state index in [1.165, 1.54) is 6.20 Å². The van der Waals surface area contributed by atoms with Crippen molar-refractivity contribution in [2.24, 2.45) is 0 Å². The van der Waals surface area contributed by atoms with E-state index in [0.29, 0.717) is 78.6 Å². The van der Waals surface area contributed by atoms with Crippen LogP contribution in [0.15, 0.2) is 30.5 Å². The van der Waals surface area contributed by atoms with Crippen LogP contribution >= 0.6 is 0 Å². The summed E-state index contributed by atoms with van der Waals surface area (Å²) in [6.07, 6.45) is 4.31. The van der Waals surface area contributed by atoms with Crippen LogP contribution < -0.4 is 20.1 Å². The van der Waals surface area contributed by atoms with E-state index in [1.54, 1.807) is 12.1 Å². The van der Waals surface area contributed by atoms with Crippen molar-refractivity contribution in [1.29, 1.82) is 5.26 Å². The number of amides is 1. The fourth-order valence-corrected chi connectivity index (χ4v) is 5.86. The van der Waals surface area contributed by atoms with Crippen LogP contribution in [0.2, 0.25) is 0 Å². The second-order valence-corrected chi connectivity index (χ2v) is 10.9. The molecular weight excluding hydrogens is 528 g/mol. The van der Waals surface area contributed by atoms with Gasteiger partial charge in [-0.3, -0.25) is 9.78 Å². The van der Waals surface area contributed by atoms with E-state index in [4.69, 9.17) is 19.3 Å². The normalized spacial score (nSPS) is 23.8. The molecule has 1 saturated carbocycles. The average molecular weight is 561 g/mol. The second-order valence-electron chi connectivity index (χ2n) is 10.9. The predicted octanol–water partition coefficient (Wildman–Crippen LogP) is 1.76. The number of nitrogens with zero attached hydrogens (tertiary/aromatic N) is 4. The highest BCUT2D eigenvalue weighted by Gasteiger charge is 2.53. The van der Waals surface area contributed by atoms with Gasteiger partial charge in [-0.15, -0.1) is 0 Å². The van der Waals surface area contributed by atoms with Crippen LogP contribution in [-0.2, 0) is 22.5 Å². The smallest absolute Gasteiger partial charge is 0.263 e. The number of aliphatic hydroxyl groups is 2. The summed E-state index contributed by atoms with van der Waals surface area (Å²) >= 11 is 0. The molecule has 0 radical (unpaired) electrons. The lowest BCUT2D eigenvalue weighted by atomic mass is 9.68. The number of aliphatic hydroxyl groups excluding tert-OH is 2.